The Labute approximate surface area is 120 Å². The molecule has 98 valence electrons. The molecule has 0 aliphatic carbocycles. The second kappa shape index (κ2) is 6.33. The molecule has 0 atom stereocenters. The van der Waals surface area contributed by atoms with Crippen LogP contribution in [0.15, 0.2) is 46.9 Å². The highest BCUT2D eigenvalue weighted by molar-refractivity contribution is 9.10. The number of nitrogens with one attached hydrogen (secondary N) is 2. The van der Waals surface area contributed by atoms with Crippen LogP contribution in [0.3, 0.4) is 0 Å². The number of carbonyl (C=O) groups is 1. The Morgan fingerprint density at radius 1 is 1.21 bits per heavy atom. The van der Waals surface area contributed by atoms with E-state index in [4.69, 9.17) is 0 Å². The lowest BCUT2D eigenvalue weighted by molar-refractivity contribution is 0.102. The molecule has 0 aliphatic rings. The standard InChI is InChI=1S/C14H14BrN3O/c1-2-16-13-9-5-8-12(17-13)14(19)18-11-7-4-3-6-10(11)15/h3-9H,2H2,1H3,(H,16,17)(H,18,19). The Hall–Kier alpha value is -1.88. The van der Waals surface area contributed by atoms with Gasteiger partial charge in [0.25, 0.3) is 5.91 Å². The molecule has 0 saturated carbocycles. The van der Waals surface area contributed by atoms with Crippen molar-refractivity contribution in [2.75, 3.05) is 17.2 Å². The highest BCUT2D eigenvalue weighted by Crippen LogP contribution is 2.21. The average Bonchev–Trinajstić information content (AvgIpc) is 2.42. The van der Waals surface area contributed by atoms with E-state index in [-0.39, 0.29) is 5.91 Å². The van der Waals surface area contributed by atoms with E-state index in [1.165, 1.54) is 0 Å². The molecule has 0 bridgehead atoms. The topological polar surface area (TPSA) is 54.0 Å². The molecule has 0 spiro atoms. The van der Waals surface area contributed by atoms with Crippen LogP contribution in [0, 0.1) is 0 Å². The largest absolute Gasteiger partial charge is 0.370 e. The summed E-state index contributed by atoms with van der Waals surface area (Å²) in [5.41, 5.74) is 1.11. The lowest BCUT2D eigenvalue weighted by atomic mass is 10.3. The molecule has 2 rings (SSSR count). The molecule has 4 nitrogen and oxygen atoms in total. The Balaban J connectivity index is 2.16. The second-order valence-corrected chi connectivity index (χ2v) is 4.73. The number of anilines is 2. The summed E-state index contributed by atoms with van der Waals surface area (Å²) in [6.45, 7) is 2.75. The van der Waals surface area contributed by atoms with Crippen LogP contribution in [-0.2, 0) is 0 Å². The van der Waals surface area contributed by atoms with Crippen LogP contribution in [-0.4, -0.2) is 17.4 Å². The van der Waals surface area contributed by atoms with Gasteiger partial charge in [-0.05, 0) is 47.1 Å². The molecule has 5 heteroatoms. The third kappa shape index (κ3) is 3.54. The molecule has 0 aliphatic heterocycles. The Kier molecular flexibility index (Phi) is 4.52. The molecule has 1 amide bonds. The molecule has 1 aromatic heterocycles. The highest BCUT2D eigenvalue weighted by Gasteiger charge is 2.09. The minimum absolute atomic E-state index is 0.230. The first-order chi connectivity index (χ1) is 9.20. The summed E-state index contributed by atoms with van der Waals surface area (Å²) in [5, 5.41) is 5.90. The molecular formula is C14H14BrN3O. The fraction of sp³-hybridized carbons (Fsp3) is 0.143. The first kappa shape index (κ1) is 13.5. The van der Waals surface area contributed by atoms with Gasteiger partial charge in [-0.25, -0.2) is 4.98 Å². The zero-order valence-electron chi connectivity index (χ0n) is 10.5. The minimum atomic E-state index is -0.230. The zero-order chi connectivity index (χ0) is 13.7. The van der Waals surface area contributed by atoms with E-state index < -0.39 is 0 Å². The van der Waals surface area contributed by atoms with Crippen molar-refractivity contribution in [1.29, 1.82) is 0 Å². The number of benzene rings is 1. The van der Waals surface area contributed by atoms with E-state index >= 15 is 0 Å². The summed E-state index contributed by atoms with van der Waals surface area (Å²) < 4.78 is 0.839. The van der Waals surface area contributed by atoms with Gasteiger partial charge in [0.15, 0.2) is 0 Å². The van der Waals surface area contributed by atoms with Crippen molar-refractivity contribution in [2.24, 2.45) is 0 Å². The van der Waals surface area contributed by atoms with Crippen LogP contribution in [0.5, 0.6) is 0 Å². The third-order valence-corrected chi connectivity index (χ3v) is 3.15. The number of carbonyl (C=O) groups excluding carboxylic acids is 1. The SMILES string of the molecule is CCNc1cccc(C(=O)Nc2ccccc2Br)n1. The predicted octanol–water partition coefficient (Wildman–Crippen LogP) is 3.53. The van der Waals surface area contributed by atoms with Crippen LogP contribution in [0.25, 0.3) is 0 Å². The lowest BCUT2D eigenvalue weighted by Crippen LogP contribution is -2.14. The molecule has 0 saturated heterocycles. The van der Waals surface area contributed by atoms with Crippen molar-refractivity contribution in [3.05, 3.63) is 52.6 Å². The van der Waals surface area contributed by atoms with Crippen molar-refractivity contribution in [3.63, 3.8) is 0 Å². The molecule has 0 unspecified atom stereocenters. The summed E-state index contributed by atoms with van der Waals surface area (Å²) in [6.07, 6.45) is 0. The van der Waals surface area contributed by atoms with Crippen molar-refractivity contribution in [1.82, 2.24) is 4.98 Å². The lowest BCUT2D eigenvalue weighted by Gasteiger charge is -2.08. The summed E-state index contributed by atoms with van der Waals surface area (Å²) in [4.78, 5) is 16.4. The van der Waals surface area contributed by atoms with Crippen LogP contribution in [0.2, 0.25) is 0 Å². The van der Waals surface area contributed by atoms with Gasteiger partial charge in [0.2, 0.25) is 0 Å². The average molecular weight is 320 g/mol. The van der Waals surface area contributed by atoms with E-state index in [2.05, 4.69) is 31.5 Å². The van der Waals surface area contributed by atoms with Gasteiger partial charge in [0.1, 0.15) is 11.5 Å². The maximum Gasteiger partial charge on any atom is 0.274 e. The summed E-state index contributed by atoms with van der Waals surface area (Å²) in [5.74, 6) is 0.467. The van der Waals surface area contributed by atoms with Crippen LogP contribution < -0.4 is 10.6 Å². The van der Waals surface area contributed by atoms with Gasteiger partial charge in [0, 0.05) is 11.0 Å². The van der Waals surface area contributed by atoms with E-state index in [1.807, 2.05) is 37.3 Å². The Bertz CT molecular complexity index is 586. The number of para-hydroxylation sites is 1. The van der Waals surface area contributed by atoms with Gasteiger partial charge >= 0.3 is 0 Å². The molecule has 19 heavy (non-hydrogen) atoms. The fourth-order valence-corrected chi connectivity index (χ4v) is 1.97. The summed E-state index contributed by atoms with van der Waals surface area (Å²) in [6, 6.07) is 12.8. The molecule has 0 radical (unpaired) electrons. The van der Waals surface area contributed by atoms with E-state index in [1.54, 1.807) is 12.1 Å². The van der Waals surface area contributed by atoms with E-state index in [9.17, 15) is 4.79 Å². The third-order valence-electron chi connectivity index (χ3n) is 2.46. The summed E-state index contributed by atoms with van der Waals surface area (Å²) >= 11 is 3.39. The smallest absolute Gasteiger partial charge is 0.274 e. The number of hydrogen-bond donors (Lipinski definition) is 2. The fourth-order valence-electron chi connectivity index (χ4n) is 1.59. The van der Waals surface area contributed by atoms with Crippen molar-refractivity contribution in [2.45, 2.75) is 6.92 Å². The molecule has 2 aromatic rings. The van der Waals surface area contributed by atoms with Gasteiger partial charge in [-0.15, -0.1) is 0 Å². The first-order valence-electron chi connectivity index (χ1n) is 5.97. The van der Waals surface area contributed by atoms with Crippen LogP contribution in [0.4, 0.5) is 11.5 Å². The molecule has 1 aromatic carbocycles. The minimum Gasteiger partial charge on any atom is -0.370 e. The maximum atomic E-state index is 12.1. The molecular weight excluding hydrogens is 306 g/mol. The Morgan fingerprint density at radius 2 is 2.00 bits per heavy atom. The van der Waals surface area contributed by atoms with E-state index in [0.29, 0.717) is 11.5 Å². The van der Waals surface area contributed by atoms with Gasteiger partial charge in [-0.3, -0.25) is 4.79 Å². The van der Waals surface area contributed by atoms with Gasteiger partial charge < -0.3 is 10.6 Å². The summed E-state index contributed by atoms with van der Waals surface area (Å²) in [7, 11) is 0. The number of hydrogen-bond acceptors (Lipinski definition) is 3. The van der Waals surface area contributed by atoms with Crippen LogP contribution in [0.1, 0.15) is 17.4 Å². The van der Waals surface area contributed by atoms with Crippen LogP contribution >= 0.6 is 15.9 Å². The van der Waals surface area contributed by atoms with Crippen molar-refractivity contribution in [3.8, 4) is 0 Å². The normalized spacial score (nSPS) is 10.0. The molecule has 0 fully saturated rings. The van der Waals surface area contributed by atoms with Gasteiger partial charge in [-0.1, -0.05) is 18.2 Å². The number of rotatable bonds is 4. The van der Waals surface area contributed by atoms with Gasteiger partial charge in [-0.2, -0.15) is 0 Å². The quantitative estimate of drug-likeness (QED) is 0.906. The van der Waals surface area contributed by atoms with Gasteiger partial charge in [0.05, 0.1) is 5.69 Å². The maximum absolute atomic E-state index is 12.1. The second-order valence-electron chi connectivity index (χ2n) is 3.87. The zero-order valence-corrected chi connectivity index (χ0v) is 12.1. The monoisotopic (exact) mass is 319 g/mol. The highest BCUT2D eigenvalue weighted by atomic mass is 79.9. The molecule has 2 N–H and O–H groups in total. The number of halogens is 1. The van der Waals surface area contributed by atoms with E-state index in [0.717, 1.165) is 16.7 Å². The predicted molar refractivity (Wildman–Crippen MR) is 80.5 cm³/mol. The van der Waals surface area contributed by atoms with Crippen molar-refractivity contribution >= 4 is 33.3 Å². The number of amides is 1. The number of aromatic nitrogens is 1. The number of pyridine rings is 1. The van der Waals surface area contributed by atoms with Crippen molar-refractivity contribution < 1.29 is 4.79 Å². The molecule has 1 heterocycles. The Morgan fingerprint density at radius 3 is 2.74 bits per heavy atom. The number of nitrogens with zero attached hydrogens (tertiary/aromatic N) is 1. The first-order valence-corrected chi connectivity index (χ1v) is 6.77.